The molecule has 0 saturated carbocycles. The van der Waals surface area contributed by atoms with Crippen LogP contribution in [0.3, 0.4) is 0 Å². The zero-order valence-electron chi connectivity index (χ0n) is 17.2. The Kier molecular flexibility index (Phi) is 6.07. The van der Waals surface area contributed by atoms with Crippen molar-refractivity contribution in [2.45, 2.75) is 43.5 Å². The Morgan fingerprint density at radius 2 is 1.69 bits per heavy atom. The third-order valence-electron chi connectivity index (χ3n) is 4.61. The van der Waals surface area contributed by atoms with Crippen molar-refractivity contribution < 1.29 is 9.18 Å². The zero-order chi connectivity index (χ0) is 21.2. The Labute approximate surface area is 174 Å². The van der Waals surface area contributed by atoms with E-state index < -0.39 is 0 Å². The molecule has 0 aliphatic rings. The van der Waals surface area contributed by atoms with Crippen molar-refractivity contribution in [2.24, 2.45) is 7.05 Å². The second kappa shape index (κ2) is 8.37. The average molecular weight is 413 g/mol. The molecular formula is C22H25FN4OS. The number of thioether (sulfide) groups is 1. The minimum absolute atomic E-state index is 0.0686. The van der Waals surface area contributed by atoms with E-state index in [1.165, 1.54) is 29.5 Å². The van der Waals surface area contributed by atoms with Gasteiger partial charge in [0.2, 0.25) is 5.91 Å². The number of rotatable bonds is 5. The van der Waals surface area contributed by atoms with Crippen molar-refractivity contribution in [3.63, 3.8) is 0 Å². The summed E-state index contributed by atoms with van der Waals surface area (Å²) in [5.74, 6) is 0.217. The lowest BCUT2D eigenvalue weighted by molar-refractivity contribution is -0.115. The first-order valence-electron chi connectivity index (χ1n) is 9.38. The van der Waals surface area contributed by atoms with E-state index in [4.69, 9.17) is 0 Å². The summed E-state index contributed by atoms with van der Waals surface area (Å²) in [4.78, 5) is 12.6. The number of hydrogen-bond donors (Lipinski definition) is 1. The fourth-order valence-corrected chi connectivity index (χ4v) is 3.59. The van der Waals surface area contributed by atoms with Gasteiger partial charge >= 0.3 is 0 Å². The predicted molar refractivity (Wildman–Crippen MR) is 115 cm³/mol. The first-order valence-corrected chi connectivity index (χ1v) is 10.3. The highest BCUT2D eigenvalue weighted by Gasteiger charge is 2.20. The van der Waals surface area contributed by atoms with Gasteiger partial charge in [-0.2, -0.15) is 0 Å². The second-order valence-electron chi connectivity index (χ2n) is 7.95. The molecule has 1 atom stereocenters. The summed E-state index contributed by atoms with van der Waals surface area (Å²) in [6, 6.07) is 14.0. The van der Waals surface area contributed by atoms with Crippen molar-refractivity contribution >= 4 is 23.4 Å². The quantitative estimate of drug-likeness (QED) is 0.597. The molecule has 3 rings (SSSR count). The van der Waals surface area contributed by atoms with Crippen molar-refractivity contribution in [2.75, 3.05) is 5.32 Å². The van der Waals surface area contributed by atoms with Gasteiger partial charge in [0.15, 0.2) is 11.0 Å². The van der Waals surface area contributed by atoms with E-state index in [1.54, 1.807) is 16.7 Å². The maximum absolute atomic E-state index is 13.1. The topological polar surface area (TPSA) is 59.8 Å². The van der Waals surface area contributed by atoms with Gasteiger partial charge in [-0.1, -0.05) is 44.7 Å². The molecule has 2 aromatic carbocycles. The average Bonchev–Trinajstić information content (AvgIpc) is 3.02. The molecule has 152 valence electrons. The maximum Gasteiger partial charge on any atom is 0.237 e. The number of aromatic nitrogens is 3. The number of benzene rings is 2. The standard InChI is InChI=1S/C22H25FN4OS/c1-14(20(28)24-18-12-8-16(9-13-18)22(2,3)4)29-21-26-25-19(27(21)5)15-6-10-17(23)11-7-15/h6-14H,1-5H3,(H,24,28). The minimum Gasteiger partial charge on any atom is -0.325 e. The Morgan fingerprint density at radius 1 is 1.07 bits per heavy atom. The van der Waals surface area contributed by atoms with Gasteiger partial charge in [-0.05, 0) is 54.3 Å². The first-order chi connectivity index (χ1) is 13.6. The summed E-state index contributed by atoms with van der Waals surface area (Å²) < 4.78 is 14.9. The summed E-state index contributed by atoms with van der Waals surface area (Å²) in [7, 11) is 1.83. The Balaban J connectivity index is 1.66. The fourth-order valence-electron chi connectivity index (χ4n) is 2.78. The van der Waals surface area contributed by atoms with E-state index in [0.717, 1.165) is 11.3 Å². The molecule has 7 heteroatoms. The van der Waals surface area contributed by atoms with Crippen molar-refractivity contribution in [1.82, 2.24) is 14.8 Å². The Bertz CT molecular complexity index is 991. The van der Waals surface area contributed by atoms with Crippen LogP contribution < -0.4 is 5.32 Å². The number of halogens is 1. The van der Waals surface area contributed by atoms with Gasteiger partial charge in [-0.15, -0.1) is 10.2 Å². The molecule has 0 radical (unpaired) electrons. The monoisotopic (exact) mass is 412 g/mol. The molecule has 3 aromatic rings. The van der Waals surface area contributed by atoms with Crippen LogP contribution in [0.15, 0.2) is 53.7 Å². The molecule has 0 aliphatic heterocycles. The molecule has 0 bridgehead atoms. The van der Waals surface area contributed by atoms with Gasteiger partial charge in [0.25, 0.3) is 0 Å². The van der Waals surface area contributed by atoms with Crippen LogP contribution in [0.5, 0.6) is 0 Å². The van der Waals surface area contributed by atoms with Crippen LogP contribution in [0, 0.1) is 5.82 Å². The third-order valence-corrected chi connectivity index (χ3v) is 5.74. The SMILES string of the molecule is CC(Sc1nnc(-c2ccc(F)cc2)n1C)C(=O)Nc1ccc(C(C)(C)C)cc1. The van der Waals surface area contributed by atoms with Crippen LogP contribution in [0.2, 0.25) is 0 Å². The second-order valence-corrected chi connectivity index (χ2v) is 9.26. The molecule has 0 fully saturated rings. The molecule has 1 amide bonds. The first kappa shape index (κ1) is 21.0. The van der Waals surface area contributed by atoms with E-state index in [2.05, 4.69) is 36.3 Å². The highest BCUT2D eigenvalue weighted by Crippen LogP contribution is 2.27. The number of anilines is 1. The molecule has 1 unspecified atom stereocenters. The summed E-state index contributed by atoms with van der Waals surface area (Å²) in [5, 5.41) is 11.6. The Morgan fingerprint density at radius 3 is 2.28 bits per heavy atom. The maximum atomic E-state index is 13.1. The minimum atomic E-state index is -0.360. The third kappa shape index (κ3) is 5.03. The van der Waals surface area contributed by atoms with E-state index in [9.17, 15) is 9.18 Å². The van der Waals surface area contributed by atoms with Crippen LogP contribution in [0.25, 0.3) is 11.4 Å². The molecule has 0 spiro atoms. The number of nitrogens with zero attached hydrogens (tertiary/aromatic N) is 3. The predicted octanol–water partition coefficient (Wildman–Crippen LogP) is 5.04. The summed E-state index contributed by atoms with van der Waals surface area (Å²) in [6.07, 6.45) is 0. The number of amides is 1. The van der Waals surface area contributed by atoms with Gasteiger partial charge in [0.05, 0.1) is 5.25 Å². The van der Waals surface area contributed by atoms with Crippen molar-refractivity contribution in [1.29, 1.82) is 0 Å². The fraction of sp³-hybridized carbons (Fsp3) is 0.318. The van der Waals surface area contributed by atoms with Crippen LogP contribution in [-0.2, 0) is 17.3 Å². The number of carbonyl (C=O) groups is 1. The highest BCUT2D eigenvalue weighted by atomic mass is 32.2. The van der Waals surface area contributed by atoms with E-state index in [-0.39, 0.29) is 22.4 Å². The molecule has 0 aliphatic carbocycles. The van der Waals surface area contributed by atoms with Gasteiger partial charge < -0.3 is 9.88 Å². The van der Waals surface area contributed by atoms with Gasteiger partial charge in [-0.3, -0.25) is 4.79 Å². The van der Waals surface area contributed by atoms with Crippen molar-refractivity contribution in [3.05, 3.63) is 59.9 Å². The molecule has 1 N–H and O–H groups in total. The molecule has 1 heterocycles. The summed E-state index contributed by atoms with van der Waals surface area (Å²) in [6.45, 7) is 8.29. The molecule has 5 nitrogen and oxygen atoms in total. The largest absolute Gasteiger partial charge is 0.325 e. The van der Waals surface area contributed by atoms with Gasteiger partial charge in [0, 0.05) is 18.3 Å². The molecule has 0 saturated heterocycles. The van der Waals surface area contributed by atoms with Crippen LogP contribution in [0.1, 0.15) is 33.3 Å². The molecule has 1 aromatic heterocycles. The number of carbonyl (C=O) groups excluding carboxylic acids is 1. The summed E-state index contributed by atoms with van der Waals surface area (Å²) >= 11 is 1.33. The van der Waals surface area contributed by atoms with Crippen LogP contribution in [-0.4, -0.2) is 25.9 Å². The molecule has 29 heavy (non-hydrogen) atoms. The highest BCUT2D eigenvalue weighted by molar-refractivity contribution is 8.00. The van der Waals surface area contributed by atoms with Crippen molar-refractivity contribution in [3.8, 4) is 11.4 Å². The summed E-state index contributed by atoms with van der Waals surface area (Å²) in [5.41, 5.74) is 2.81. The smallest absolute Gasteiger partial charge is 0.237 e. The normalized spacial score (nSPS) is 12.6. The van der Waals surface area contributed by atoms with E-state index in [0.29, 0.717) is 11.0 Å². The lowest BCUT2D eigenvalue weighted by Gasteiger charge is -2.19. The lowest BCUT2D eigenvalue weighted by Crippen LogP contribution is -2.23. The van der Waals surface area contributed by atoms with Gasteiger partial charge in [-0.25, -0.2) is 4.39 Å². The van der Waals surface area contributed by atoms with Gasteiger partial charge in [0.1, 0.15) is 5.82 Å². The molecular weight excluding hydrogens is 387 g/mol. The number of nitrogens with one attached hydrogen (secondary N) is 1. The van der Waals surface area contributed by atoms with E-state index >= 15 is 0 Å². The van der Waals surface area contributed by atoms with E-state index in [1.807, 2.05) is 38.2 Å². The number of hydrogen-bond acceptors (Lipinski definition) is 4. The zero-order valence-corrected chi connectivity index (χ0v) is 18.0. The lowest BCUT2D eigenvalue weighted by atomic mass is 9.87. The van der Waals surface area contributed by atoms with Crippen LogP contribution in [0.4, 0.5) is 10.1 Å². The Hall–Kier alpha value is -2.67. The van der Waals surface area contributed by atoms with Crippen LogP contribution >= 0.6 is 11.8 Å².